The van der Waals surface area contributed by atoms with E-state index in [0.29, 0.717) is 0 Å². The lowest BCUT2D eigenvalue weighted by Crippen LogP contribution is -2.12. The van der Waals surface area contributed by atoms with Crippen molar-refractivity contribution in [2.45, 2.75) is 59.9 Å². The van der Waals surface area contributed by atoms with Crippen molar-refractivity contribution < 1.29 is 14.2 Å². The van der Waals surface area contributed by atoms with Gasteiger partial charge in [0.2, 0.25) is 0 Å². The quantitative estimate of drug-likeness (QED) is 0.675. The Morgan fingerprint density at radius 1 is 0.684 bits per heavy atom. The van der Waals surface area contributed by atoms with Crippen LogP contribution in [0.3, 0.4) is 0 Å². The third-order valence-electron chi connectivity index (χ3n) is 2.09. The van der Waals surface area contributed by atoms with Crippen molar-refractivity contribution in [2.75, 3.05) is 0 Å². The summed E-state index contributed by atoms with van der Waals surface area (Å²) in [6, 6.07) is 3.88. The number of ether oxygens (including phenoxy) is 3. The Morgan fingerprint density at radius 2 is 1.05 bits per heavy atom. The molecule has 1 aromatic rings. The number of halogens is 1. The Balaban J connectivity index is 3.12. The van der Waals surface area contributed by atoms with Crippen LogP contribution in [0.25, 0.3) is 0 Å². The van der Waals surface area contributed by atoms with Crippen LogP contribution in [0.4, 0.5) is 0 Å². The van der Waals surface area contributed by atoms with E-state index in [9.17, 15) is 0 Å². The summed E-state index contributed by atoms with van der Waals surface area (Å²) in [5, 5.41) is 0. The number of hydrogen-bond acceptors (Lipinski definition) is 3. The average Bonchev–Trinajstić information content (AvgIpc) is 2.22. The first kappa shape index (κ1) is 16.4. The van der Waals surface area contributed by atoms with Crippen LogP contribution >= 0.6 is 22.6 Å². The molecular weight excluding hydrogens is 355 g/mol. The normalized spacial score (nSPS) is 11.3. The predicted octanol–water partition coefficient (Wildman–Crippen LogP) is 4.65. The second-order valence-corrected chi connectivity index (χ2v) is 6.39. The van der Waals surface area contributed by atoms with Crippen molar-refractivity contribution in [3.05, 3.63) is 15.7 Å². The molecule has 0 unspecified atom stereocenters. The van der Waals surface area contributed by atoms with Gasteiger partial charge in [0.15, 0.2) is 11.5 Å². The molecule has 0 aromatic heterocycles. The molecule has 0 atom stereocenters. The van der Waals surface area contributed by atoms with E-state index in [2.05, 4.69) is 22.6 Å². The SMILES string of the molecule is CC(C)Oc1cc(OC(C)C)c(OC(C)C)cc1I. The topological polar surface area (TPSA) is 27.7 Å². The molecular formula is C15H23IO3. The molecule has 0 aliphatic heterocycles. The molecule has 0 aliphatic rings. The van der Waals surface area contributed by atoms with Gasteiger partial charge in [-0.25, -0.2) is 0 Å². The molecule has 0 saturated carbocycles. The van der Waals surface area contributed by atoms with Crippen LogP contribution in [0, 0.1) is 3.57 Å². The van der Waals surface area contributed by atoms with Crippen molar-refractivity contribution in [1.82, 2.24) is 0 Å². The Labute approximate surface area is 129 Å². The van der Waals surface area contributed by atoms with Gasteiger partial charge in [-0.3, -0.25) is 0 Å². The van der Waals surface area contributed by atoms with Crippen molar-refractivity contribution in [3.63, 3.8) is 0 Å². The standard InChI is InChI=1S/C15H23IO3/c1-9(2)17-13-8-15(19-11(5)6)14(7-12(13)16)18-10(3)4/h7-11H,1-6H3. The molecule has 0 saturated heterocycles. The summed E-state index contributed by atoms with van der Waals surface area (Å²) < 4.78 is 18.4. The minimum atomic E-state index is 0.0986. The van der Waals surface area contributed by atoms with Crippen molar-refractivity contribution in [3.8, 4) is 17.2 Å². The van der Waals surface area contributed by atoms with Crippen LogP contribution in [-0.2, 0) is 0 Å². The van der Waals surface area contributed by atoms with Gasteiger partial charge in [-0.05, 0) is 64.1 Å². The lowest BCUT2D eigenvalue weighted by Gasteiger charge is -2.20. The van der Waals surface area contributed by atoms with Crippen molar-refractivity contribution in [1.29, 1.82) is 0 Å². The molecule has 0 N–H and O–H groups in total. The van der Waals surface area contributed by atoms with Crippen LogP contribution < -0.4 is 14.2 Å². The molecule has 0 amide bonds. The zero-order chi connectivity index (χ0) is 14.6. The van der Waals surface area contributed by atoms with Crippen LogP contribution in [0.5, 0.6) is 17.2 Å². The summed E-state index contributed by atoms with van der Waals surface area (Å²) in [6.45, 7) is 12.0. The van der Waals surface area contributed by atoms with E-state index in [1.807, 2.05) is 53.7 Å². The van der Waals surface area contributed by atoms with E-state index in [1.54, 1.807) is 0 Å². The van der Waals surface area contributed by atoms with Gasteiger partial charge in [0, 0.05) is 12.1 Å². The van der Waals surface area contributed by atoms with Gasteiger partial charge in [0.25, 0.3) is 0 Å². The first-order valence-corrected chi connectivity index (χ1v) is 7.71. The van der Waals surface area contributed by atoms with E-state index in [1.165, 1.54) is 0 Å². The fraction of sp³-hybridized carbons (Fsp3) is 0.600. The molecule has 3 nitrogen and oxygen atoms in total. The summed E-state index contributed by atoms with van der Waals surface area (Å²) in [5.74, 6) is 2.34. The van der Waals surface area contributed by atoms with Gasteiger partial charge < -0.3 is 14.2 Å². The zero-order valence-electron chi connectivity index (χ0n) is 12.5. The van der Waals surface area contributed by atoms with Crippen LogP contribution in [0.2, 0.25) is 0 Å². The molecule has 0 spiro atoms. The van der Waals surface area contributed by atoms with Gasteiger partial charge in [-0.1, -0.05) is 0 Å². The molecule has 0 fully saturated rings. The zero-order valence-corrected chi connectivity index (χ0v) is 14.6. The van der Waals surface area contributed by atoms with Crippen LogP contribution in [0.15, 0.2) is 12.1 Å². The van der Waals surface area contributed by atoms with Crippen LogP contribution in [0.1, 0.15) is 41.5 Å². The van der Waals surface area contributed by atoms with Crippen molar-refractivity contribution >= 4 is 22.6 Å². The maximum Gasteiger partial charge on any atom is 0.165 e. The summed E-state index contributed by atoms with van der Waals surface area (Å²) in [5.41, 5.74) is 0. The van der Waals surface area contributed by atoms with E-state index in [-0.39, 0.29) is 18.3 Å². The molecule has 4 heteroatoms. The second kappa shape index (κ2) is 7.22. The summed E-state index contributed by atoms with van der Waals surface area (Å²) >= 11 is 2.26. The Hall–Kier alpha value is -0.650. The smallest absolute Gasteiger partial charge is 0.165 e. The van der Waals surface area contributed by atoms with E-state index in [4.69, 9.17) is 14.2 Å². The Morgan fingerprint density at radius 3 is 1.47 bits per heavy atom. The molecule has 0 heterocycles. The summed E-state index contributed by atoms with van der Waals surface area (Å²) in [7, 11) is 0. The highest BCUT2D eigenvalue weighted by atomic mass is 127. The fourth-order valence-electron chi connectivity index (χ4n) is 1.55. The first-order chi connectivity index (χ1) is 8.79. The lowest BCUT2D eigenvalue weighted by molar-refractivity contribution is 0.194. The highest BCUT2D eigenvalue weighted by Crippen LogP contribution is 2.37. The Bertz CT molecular complexity index is 414. The Kier molecular flexibility index (Phi) is 6.23. The summed E-state index contributed by atoms with van der Waals surface area (Å²) in [6.07, 6.45) is 0.348. The minimum absolute atomic E-state index is 0.0986. The highest BCUT2D eigenvalue weighted by molar-refractivity contribution is 14.1. The number of hydrogen-bond donors (Lipinski definition) is 0. The van der Waals surface area contributed by atoms with E-state index >= 15 is 0 Å². The maximum absolute atomic E-state index is 5.82. The average molecular weight is 378 g/mol. The van der Waals surface area contributed by atoms with E-state index < -0.39 is 0 Å². The monoisotopic (exact) mass is 378 g/mol. The maximum atomic E-state index is 5.82. The molecule has 0 bridgehead atoms. The van der Waals surface area contributed by atoms with Gasteiger partial charge in [0.1, 0.15) is 5.75 Å². The predicted molar refractivity (Wildman–Crippen MR) is 86.5 cm³/mol. The molecule has 1 rings (SSSR count). The van der Waals surface area contributed by atoms with Gasteiger partial charge in [-0.15, -0.1) is 0 Å². The summed E-state index contributed by atoms with van der Waals surface area (Å²) in [4.78, 5) is 0. The van der Waals surface area contributed by atoms with Crippen LogP contribution in [-0.4, -0.2) is 18.3 Å². The molecule has 108 valence electrons. The molecule has 0 aliphatic carbocycles. The highest BCUT2D eigenvalue weighted by Gasteiger charge is 2.15. The second-order valence-electron chi connectivity index (χ2n) is 5.23. The minimum Gasteiger partial charge on any atom is -0.490 e. The van der Waals surface area contributed by atoms with Crippen molar-refractivity contribution in [2.24, 2.45) is 0 Å². The third-order valence-corrected chi connectivity index (χ3v) is 2.93. The van der Waals surface area contributed by atoms with Gasteiger partial charge in [-0.2, -0.15) is 0 Å². The first-order valence-electron chi connectivity index (χ1n) is 6.63. The lowest BCUT2D eigenvalue weighted by atomic mass is 10.2. The molecule has 1 aromatic carbocycles. The number of benzene rings is 1. The van der Waals surface area contributed by atoms with Gasteiger partial charge >= 0.3 is 0 Å². The molecule has 19 heavy (non-hydrogen) atoms. The number of rotatable bonds is 6. The largest absolute Gasteiger partial charge is 0.490 e. The third kappa shape index (κ3) is 5.47. The molecule has 0 radical (unpaired) electrons. The van der Waals surface area contributed by atoms with Gasteiger partial charge in [0.05, 0.1) is 21.9 Å². The fourth-order valence-corrected chi connectivity index (χ4v) is 2.12. The van der Waals surface area contributed by atoms with E-state index in [0.717, 1.165) is 20.8 Å².